The van der Waals surface area contributed by atoms with Crippen molar-refractivity contribution in [2.75, 3.05) is 13.1 Å². The van der Waals surface area contributed by atoms with Crippen LogP contribution in [0.2, 0.25) is 0 Å². The third kappa shape index (κ3) is 2.36. The van der Waals surface area contributed by atoms with Gasteiger partial charge in [0.15, 0.2) is 5.65 Å². The van der Waals surface area contributed by atoms with Crippen molar-refractivity contribution in [1.29, 1.82) is 0 Å². The minimum absolute atomic E-state index is 0.0298. The number of nitrogens with zero attached hydrogens (tertiary/aromatic N) is 5. The summed E-state index contributed by atoms with van der Waals surface area (Å²) in [4.78, 5) is 27.0. The molecule has 120 valence electrons. The molecule has 0 radical (unpaired) electrons. The Bertz CT molecular complexity index is 902. The number of carbonyl (C=O) groups excluding carboxylic acids is 1. The molecule has 6 nitrogen and oxygen atoms in total. The number of hydrogen-bond donors (Lipinski definition) is 0. The molecule has 1 aliphatic rings. The summed E-state index contributed by atoms with van der Waals surface area (Å²) in [6.45, 7) is 4.93. The lowest BCUT2D eigenvalue weighted by Gasteiger charge is -2.17. The molecule has 0 aliphatic carbocycles. The molecule has 3 heterocycles. The van der Waals surface area contributed by atoms with Crippen molar-refractivity contribution in [1.82, 2.24) is 24.4 Å². The van der Waals surface area contributed by atoms with Crippen LogP contribution >= 0.6 is 0 Å². The molecule has 1 fully saturated rings. The van der Waals surface area contributed by atoms with Gasteiger partial charge < -0.3 is 9.47 Å². The fraction of sp³-hybridized carbons (Fsp3) is 0.222. The summed E-state index contributed by atoms with van der Waals surface area (Å²) in [6, 6.07) is 10.2. The average Bonchev–Trinajstić information content (AvgIpc) is 3.26. The zero-order valence-electron chi connectivity index (χ0n) is 13.2. The van der Waals surface area contributed by atoms with Gasteiger partial charge >= 0.3 is 0 Å². The van der Waals surface area contributed by atoms with E-state index < -0.39 is 0 Å². The first-order valence-electron chi connectivity index (χ1n) is 7.92. The summed E-state index contributed by atoms with van der Waals surface area (Å²) in [5.74, 6) is 0.835. The first-order chi connectivity index (χ1) is 11.8. The smallest absolute Gasteiger partial charge is 0.246 e. The van der Waals surface area contributed by atoms with Gasteiger partial charge in [0.1, 0.15) is 17.7 Å². The lowest BCUT2D eigenvalue weighted by Crippen LogP contribution is -2.27. The quantitative estimate of drug-likeness (QED) is 0.696. The first-order valence-corrected chi connectivity index (χ1v) is 7.92. The van der Waals surface area contributed by atoms with Crippen molar-refractivity contribution in [2.45, 2.75) is 12.5 Å². The van der Waals surface area contributed by atoms with Crippen LogP contribution in [-0.2, 0) is 4.79 Å². The van der Waals surface area contributed by atoms with Crippen LogP contribution in [0.3, 0.4) is 0 Å². The summed E-state index contributed by atoms with van der Waals surface area (Å²) in [7, 11) is 0. The van der Waals surface area contributed by atoms with Gasteiger partial charge in [-0.2, -0.15) is 0 Å². The molecular weight excluding hydrogens is 302 g/mol. The Morgan fingerprint density at radius 1 is 1.29 bits per heavy atom. The van der Waals surface area contributed by atoms with Crippen molar-refractivity contribution in [3.8, 4) is 11.4 Å². The molecule has 6 heteroatoms. The molecule has 3 aromatic rings. The predicted octanol–water partition coefficient (Wildman–Crippen LogP) is 2.45. The Balaban J connectivity index is 1.82. The fourth-order valence-electron chi connectivity index (χ4n) is 3.27. The maximum Gasteiger partial charge on any atom is 0.246 e. The zero-order chi connectivity index (χ0) is 16.5. The van der Waals surface area contributed by atoms with E-state index in [1.54, 1.807) is 6.20 Å². The van der Waals surface area contributed by atoms with Gasteiger partial charge in [-0.1, -0.05) is 36.9 Å². The standard InChI is InChI=1S/C18H17N5O/c1-2-16(24)22-9-8-14(11-22)23-17(13-6-4-3-5-7-13)21-15-10-19-12-20-18(15)23/h2-7,10,12,14H,1,8-9,11H2. The Hall–Kier alpha value is -3.02. The second-order valence-corrected chi connectivity index (χ2v) is 5.83. The van der Waals surface area contributed by atoms with E-state index in [0.717, 1.165) is 29.0 Å². The highest BCUT2D eigenvalue weighted by Crippen LogP contribution is 2.31. The highest BCUT2D eigenvalue weighted by Gasteiger charge is 2.29. The van der Waals surface area contributed by atoms with E-state index in [9.17, 15) is 4.79 Å². The molecule has 2 aromatic heterocycles. The number of rotatable bonds is 3. The summed E-state index contributed by atoms with van der Waals surface area (Å²) in [6.07, 6.45) is 5.51. The molecule has 1 saturated heterocycles. The topological polar surface area (TPSA) is 63.9 Å². The molecule has 1 amide bonds. The molecule has 0 N–H and O–H groups in total. The zero-order valence-corrected chi connectivity index (χ0v) is 13.2. The molecule has 1 unspecified atom stereocenters. The van der Waals surface area contributed by atoms with Gasteiger partial charge in [0.05, 0.1) is 12.2 Å². The number of imidazole rings is 1. The van der Waals surface area contributed by atoms with E-state index in [1.807, 2.05) is 35.2 Å². The summed E-state index contributed by atoms with van der Waals surface area (Å²) in [5, 5.41) is 0. The maximum absolute atomic E-state index is 11.9. The molecule has 1 aliphatic heterocycles. The number of benzene rings is 1. The minimum Gasteiger partial charge on any atom is -0.337 e. The fourth-order valence-corrected chi connectivity index (χ4v) is 3.27. The van der Waals surface area contributed by atoms with E-state index in [0.29, 0.717) is 13.1 Å². The van der Waals surface area contributed by atoms with E-state index in [4.69, 9.17) is 4.98 Å². The number of aromatic nitrogens is 4. The lowest BCUT2D eigenvalue weighted by atomic mass is 10.2. The molecule has 0 spiro atoms. The molecule has 24 heavy (non-hydrogen) atoms. The largest absolute Gasteiger partial charge is 0.337 e. The van der Waals surface area contributed by atoms with Crippen molar-refractivity contribution in [3.63, 3.8) is 0 Å². The molecule has 0 bridgehead atoms. The second-order valence-electron chi connectivity index (χ2n) is 5.83. The van der Waals surface area contributed by atoms with Gasteiger partial charge in [-0.05, 0) is 12.5 Å². The normalized spacial score (nSPS) is 17.3. The second kappa shape index (κ2) is 5.88. The number of fused-ring (bicyclic) bond motifs is 1. The maximum atomic E-state index is 11.9. The van der Waals surface area contributed by atoms with Gasteiger partial charge in [0.2, 0.25) is 5.91 Å². The van der Waals surface area contributed by atoms with Crippen LogP contribution < -0.4 is 0 Å². The minimum atomic E-state index is -0.0298. The highest BCUT2D eigenvalue weighted by atomic mass is 16.2. The molecule has 1 atom stereocenters. The van der Waals surface area contributed by atoms with Crippen molar-refractivity contribution in [3.05, 3.63) is 55.5 Å². The van der Waals surface area contributed by atoms with Crippen LogP contribution in [0.15, 0.2) is 55.5 Å². The number of carbonyl (C=O) groups is 1. The van der Waals surface area contributed by atoms with E-state index in [1.165, 1.54) is 12.4 Å². The molecular formula is C18H17N5O. The van der Waals surface area contributed by atoms with Crippen LogP contribution in [0.4, 0.5) is 0 Å². The number of hydrogen-bond acceptors (Lipinski definition) is 4. The Kier molecular flexibility index (Phi) is 3.57. The first kappa shape index (κ1) is 14.6. The van der Waals surface area contributed by atoms with Gasteiger partial charge in [-0.25, -0.2) is 15.0 Å². The van der Waals surface area contributed by atoms with Crippen molar-refractivity contribution < 1.29 is 4.79 Å². The Morgan fingerprint density at radius 3 is 2.92 bits per heavy atom. The van der Waals surface area contributed by atoms with Crippen LogP contribution in [-0.4, -0.2) is 43.4 Å². The van der Waals surface area contributed by atoms with Crippen LogP contribution in [0.5, 0.6) is 0 Å². The predicted molar refractivity (Wildman–Crippen MR) is 91.2 cm³/mol. The van der Waals surface area contributed by atoms with Crippen molar-refractivity contribution in [2.24, 2.45) is 0 Å². The van der Waals surface area contributed by atoms with E-state index >= 15 is 0 Å². The van der Waals surface area contributed by atoms with Gasteiger partial charge in [0, 0.05) is 18.7 Å². The average molecular weight is 319 g/mol. The summed E-state index contributed by atoms with van der Waals surface area (Å²) >= 11 is 0. The summed E-state index contributed by atoms with van der Waals surface area (Å²) < 4.78 is 2.14. The number of likely N-dealkylation sites (tertiary alicyclic amines) is 1. The lowest BCUT2D eigenvalue weighted by molar-refractivity contribution is -0.125. The van der Waals surface area contributed by atoms with Crippen molar-refractivity contribution >= 4 is 17.1 Å². The molecule has 4 rings (SSSR count). The van der Waals surface area contributed by atoms with E-state index in [-0.39, 0.29) is 11.9 Å². The van der Waals surface area contributed by atoms with Crippen LogP contribution in [0.25, 0.3) is 22.6 Å². The van der Waals surface area contributed by atoms with Crippen LogP contribution in [0, 0.1) is 0 Å². The Morgan fingerprint density at radius 2 is 2.12 bits per heavy atom. The molecule has 0 saturated carbocycles. The Labute approximate surface area is 139 Å². The highest BCUT2D eigenvalue weighted by molar-refractivity contribution is 5.87. The van der Waals surface area contributed by atoms with E-state index in [2.05, 4.69) is 21.1 Å². The summed E-state index contributed by atoms with van der Waals surface area (Å²) in [5.41, 5.74) is 2.61. The monoisotopic (exact) mass is 319 g/mol. The third-order valence-electron chi connectivity index (χ3n) is 4.40. The number of amides is 1. The SMILES string of the molecule is C=CC(=O)N1CCC(n2c(-c3ccccc3)nc3cncnc32)C1. The van der Waals surface area contributed by atoms with Gasteiger partial charge in [-0.15, -0.1) is 0 Å². The third-order valence-corrected chi connectivity index (χ3v) is 4.40. The van der Waals surface area contributed by atoms with Gasteiger partial charge in [-0.3, -0.25) is 4.79 Å². The molecule has 1 aromatic carbocycles. The van der Waals surface area contributed by atoms with Crippen LogP contribution in [0.1, 0.15) is 12.5 Å². The van der Waals surface area contributed by atoms with Gasteiger partial charge in [0.25, 0.3) is 0 Å².